The van der Waals surface area contributed by atoms with Gasteiger partial charge in [0.15, 0.2) is 23.2 Å². The zero-order chi connectivity index (χ0) is 20.1. The van der Waals surface area contributed by atoms with Gasteiger partial charge < -0.3 is 4.74 Å². The average Bonchev–Trinajstić information content (AvgIpc) is 2.74. The van der Waals surface area contributed by atoms with Crippen LogP contribution in [0, 0.1) is 5.82 Å². The largest absolute Gasteiger partial charge is 0.486 e. The van der Waals surface area contributed by atoms with Gasteiger partial charge in [0.1, 0.15) is 6.61 Å². The van der Waals surface area contributed by atoms with E-state index in [1.807, 2.05) is 19.9 Å². The second-order valence-corrected chi connectivity index (χ2v) is 6.37. The van der Waals surface area contributed by atoms with Gasteiger partial charge in [-0.3, -0.25) is 0 Å². The molecule has 144 valence electrons. The van der Waals surface area contributed by atoms with Crippen molar-refractivity contribution in [2.45, 2.75) is 20.3 Å². The van der Waals surface area contributed by atoms with Crippen LogP contribution < -0.4 is 4.74 Å². The van der Waals surface area contributed by atoms with Crippen LogP contribution >= 0.6 is 0 Å². The van der Waals surface area contributed by atoms with E-state index in [1.54, 1.807) is 36.4 Å². The van der Waals surface area contributed by atoms with Gasteiger partial charge >= 0.3 is 0 Å². The second kappa shape index (κ2) is 8.79. The smallest absolute Gasteiger partial charge is 0.172 e. The van der Waals surface area contributed by atoms with Crippen LogP contribution in [0.2, 0.25) is 0 Å². The molecule has 3 rings (SSSR count). The number of halogens is 3. The summed E-state index contributed by atoms with van der Waals surface area (Å²) < 4.78 is 49.2. The molecule has 0 fully saturated rings. The summed E-state index contributed by atoms with van der Waals surface area (Å²) in [6, 6.07) is 14.0. The van der Waals surface area contributed by atoms with Crippen molar-refractivity contribution in [1.82, 2.24) is 0 Å². The van der Waals surface area contributed by atoms with Crippen molar-refractivity contribution in [1.29, 1.82) is 0 Å². The first-order chi connectivity index (χ1) is 13.5. The predicted molar refractivity (Wildman–Crippen MR) is 109 cm³/mol. The van der Waals surface area contributed by atoms with Gasteiger partial charge in [-0.25, -0.2) is 13.2 Å². The summed E-state index contributed by atoms with van der Waals surface area (Å²) in [5.41, 5.74) is 1.28. The van der Waals surface area contributed by atoms with Gasteiger partial charge in [0.05, 0.1) is 0 Å². The summed E-state index contributed by atoms with van der Waals surface area (Å²) in [5.74, 6) is -2.31. The number of allylic oxidation sites excluding steroid dienone is 1. The minimum absolute atomic E-state index is 0.0616. The molecule has 0 heterocycles. The molecule has 0 atom stereocenters. The molecule has 0 unspecified atom stereocenters. The van der Waals surface area contributed by atoms with E-state index in [9.17, 15) is 13.2 Å². The molecule has 0 saturated heterocycles. The van der Waals surface area contributed by atoms with Gasteiger partial charge in [-0.2, -0.15) is 0 Å². The number of hydrogen-bond acceptors (Lipinski definition) is 1. The van der Waals surface area contributed by atoms with E-state index in [2.05, 4.69) is 0 Å². The summed E-state index contributed by atoms with van der Waals surface area (Å²) >= 11 is 0. The Bertz CT molecular complexity index is 1030. The predicted octanol–water partition coefficient (Wildman–Crippen LogP) is 7.26. The van der Waals surface area contributed by atoms with E-state index in [0.29, 0.717) is 10.8 Å². The van der Waals surface area contributed by atoms with E-state index >= 15 is 0 Å². The molecule has 0 bridgehead atoms. The molecule has 0 spiro atoms. The number of hydrogen-bond donors (Lipinski definition) is 0. The van der Waals surface area contributed by atoms with Crippen LogP contribution in [0.4, 0.5) is 13.2 Å². The molecule has 0 saturated carbocycles. The van der Waals surface area contributed by atoms with Gasteiger partial charge in [0.2, 0.25) is 0 Å². The standard InChI is InChI=1S/C24H21F3O/c1-3-5-14-28-21-13-11-18-15-19(10-12-20(18)24(21)27)23(26)22(25)17-8-6-16(4-2)7-9-17/h3,5-13,15H,4,14H2,1-2H3. The molecule has 28 heavy (non-hydrogen) atoms. The monoisotopic (exact) mass is 382 g/mol. The lowest BCUT2D eigenvalue weighted by Crippen LogP contribution is -1.96. The maximum atomic E-state index is 14.7. The Labute approximate surface area is 162 Å². The highest BCUT2D eigenvalue weighted by Gasteiger charge is 2.14. The Morgan fingerprint density at radius 2 is 1.61 bits per heavy atom. The molecule has 0 amide bonds. The van der Waals surface area contributed by atoms with E-state index < -0.39 is 17.5 Å². The summed E-state index contributed by atoms with van der Waals surface area (Å²) in [5, 5.41) is 0.764. The van der Waals surface area contributed by atoms with Crippen LogP contribution in [0.5, 0.6) is 5.75 Å². The fourth-order valence-corrected chi connectivity index (χ4v) is 2.89. The van der Waals surface area contributed by atoms with Crippen molar-refractivity contribution in [2.75, 3.05) is 6.61 Å². The van der Waals surface area contributed by atoms with Crippen LogP contribution in [-0.4, -0.2) is 6.61 Å². The van der Waals surface area contributed by atoms with Crippen molar-refractivity contribution in [3.63, 3.8) is 0 Å². The number of ether oxygens (including phenoxy) is 1. The second-order valence-electron chi connectivity index (χ2n) is 6.37. The molecule has 0 aliphatic heterocycles. The molecule has 0 radical (unpaired) electrons. The van der Waals surface area contributed by atoms with E-state index in [4.69, 9.17) is 4.74 Å². The van der Waals surface area contributed by atoms with Gasteiger partial charge in [-0.05, 0) is 36.4 Å². The van der Waals surface area contributed by atoms with Crippen molar-refractivity contribution < 1.29 is 17.9 Å². The fourth-order valence-electron chi connectivity index (χ4n) is 2.89. The van der Waals surface area contributed by atoms with Gasteiger partial charge in [0.25, 0.3) is 0 Å². The Morgan fingerprint density at radius 1 is 0.929 bits per heavy atom. The quantitative estimate of drug-likeness (QED) is 0.322. The van der Waals surface area contributed by atoms with Crippen molar-refractivity contribution >= 4 is 22.4 Å². The zero-order valence-corrected chi connectivity index (χ0v) is 15.8. The van der Waals surface area contributed by atoms with E-state index in [0.717, 1.165) is 12.0 Å². The summed E-state index contributed by atoms with van der Waals surface area (Å²) in [4.78, 5) is 0. The average molecular weight is 382 g/mol. The van der Waals surface area contributed by atoms with Crippen molar-refractivity contribution in [2.24, 2.45) is 0 Å². The minimum Gasteiger partial charge on any atom is -0.486 e. The summed E-state index contributed by atoms with van der Waals surface area (Å²) in [7, 11) is 0. The van der Waals surface area contributed by atoms with Crippen LogP contribution in [0.25, 0.3) is 22.4 Å². The minimum atomic E-state index is -0.972. The zero-order valence-electron chi connectivity index (χ0n) is 15.8. The normalized spacial score (nSPS) is 12.5. The maximum absolute atomic E-state index is 14.7. The molecule has 0 aliphatic rings. The lowest BCUT2D eigenvalue weighted by molar-refractivity contribution is 0.343. The lowest BCUT2D eigenvalue weighted by atomic mass is 10.0. The number of rotatable bonds is 6. The topological polar surface area (TPSA) is 9.23 Å². The molecular weight excluding hydrogens is 361 g/mol. The molecule has 1 nitrogen and oxygen atoms in total. The van der Waals surface area contributed by atoms with E-state index in [-0.39, 0.29) is 23.5 Å². The van der Waals surface area contributed by atoms with E-state index in [1.165, 1.54) is 24.3 Å². The molecule has 4 heteroatoms. The molecule has 0 N–H and O–H groups in total. The van der Waals surface area contributed by atoms with Gasteiger partial charge in [-0.15, -0.1) is 0 Å². The molecule has 3 aromatic carbocycles. The Kier molecular flexibility index (Phi) is 6.19. The highest BCUT2D eigenvalue weighted by atomic mass is 19.2. The molecular formula is C24H21F3O. The number of aryl methyl sites for hydroxylation is 1. The third-order valence-electron chi connectivity index (χ3n) is 4.55. The van der Waals surface area contributed by atoms with Gasteiger partial charge in [-0.1, -0.05) is 61.5 Å². The summed E-state index contributed by atoms with van der Waals surface area (Å²) in [6.07, 6.45) is 4.40. The SMILES string of the molecule is CC=CCOc1ccc2cc(C(F)=C(F)c3ccc(CC)cc3)ccc2c1F. The van der Waals surface area contributed by atoms with Crippen LogP contribution in [0.3, 0.4) is 0 Å². The van der Waals surface area contributed by atoms with Crippen LogP contribution in [0.1, 0.15) is 30.5 Å². The third kappa shape index (κ3) is 4.11. The first-order valence-corrected chi connectivity index (χ1v) is 9.16. The molecule has 3 aromatic rings. The Morgan fingerprint density at radius 3 is 2.29 bits per heavy atom. The maximum Gasteiger partial charge on any atom is 0.172 e. The van der Waals surface area contributed by atoms with Crippen molar-refractivity contribution in [3.05, 3.63) is 89.3 Å². The highest BCUT2D eigenvalue weighted by Crippen LogP contribution is 2.33. The number of fused-ring (bicyclic) bond motifs is 1. The number of benzene rings is 3. The lowest BCUT2D eigenvalue weighted by Gasteiger charge is -2.09. The molecule has 0 aliphatic carbocycles. The third-order valence-corrected chi connectivity index (χ3v) is 4.55. The van der Waals surface area contributed by atoms with Crippen LogP contribution in [0.15, 0.2) is 66.7 Å². The Hall–Kier alpha value is -3.01. The first-order valence-electron chi connectivity index (χ1n) is 9.16. The Balaban J connectivity index is 1.95. The van der Waals surface area contributed by atoms with Gasteiger partial charge in [0, 0.05) is 16.5 Å². The fraction of sp³-hybridized carbons (Fsp3) is 0.167. The highest BCUT2D eigenvalue weighted by molar-refractivity contribution is 5.91. The summed E-state index contributed by atoms with van der Waals surface area (Å²) in [6.45, 7) is 4.10. The molecule has 0 aromatic heterocycles. The van der Waals surface area contributed by atoms with Crippen molar-refractivity contribution in [3.8, 4) is 5.75 Å². The first kappa shape index (κ1) is 19.7. The van der Waals surface area contributed by atoms with Crippen LogP contribution in [-0.2, 0) is 6.42 Å².